The van der Waals surface area contributed by atoms with Gasteiger partial charge in [0, 0.05) is 56.4 Å². The summed E-state index contributed by atoms with van der Waals surface area (Å²) in [5.74, 6) is -0.216. The van der Waals surface area contributed by atoms with Gasteiger partial charge in [-0.15, -0.1) is 5.10 Å². The zero-order valence-corrected chi connectivity index (χ0v) is 17.5. The van der Waals surface area contributed by atoms with E-state index in [4.69, 9.17) is 5.73 Å². The number of nitrogens with zero attached hydrogens (tertiary/aromatic N) is 6. The second-order valence-corrected chi connectivity index (χ2v) is 7.56. The van der Waals surface area contributed by atoms with Gasteiger partial charge in [0.25, 0.3) is 5.91 Å². The van der Waals surface area contributed by atoms with Gasteiger partial charge in [-0.25, -0.2) is 9.50 Å². The summed E-state index contributed by atoms with van der Waals surface area (Å²) in [7, 11) is 3.98. The normalized spacial score (nSPS) is 16.0. The minimum atomic E-state index is -0.354. The average molecular weight is 409 g/mol. The number of fused-ring (bicyclic) bond motifs is 1. The van der Waals surface area contributed by atoms with E-state index in [1.165, 1.54) is 0 Å². The number of amides is 1. The second-order valence-electron chi connectivity index (χ2n) is 7.56. The van der Waals surface area contributed by atoms with Gasteiger partial charge in [-0.3, -0.25) is 9.78 Å². The molecule has 0 radical (unpaired) electrons. The van der Waals surface area contributed by atoms with Gasteiger partial charge in [0.1, 0.15) is 5.56 Å². The summed E-state index contributed by atoms with van der Waals surface area (Å²) in [5.41, 5.74) is 9.29. The maximum Gasteiger partial charge on any atom is 0.263 e. The van der Waals surface area contributed by atoms with Crippen molar-refractivity contribution in [3.05, 3.63) is 42.0 Å². The van der Waals surface area contributed by atoms with E-state index >= 15 is 0 Å². The highest BCUT2D eigenvalue weighted by Gasteiger charge is 2.23. The molecular formula is C20H27N9O. The molecule has 3 aromatic heterocycles. The zero-order valence-electron chi connectivity index (χ0n) is 17.5. The highest BCUT2D eigenvalue weighted by Crippen LogP contribution is 2.27. The third kappa shape index (κ3) is 3.79. The van der Waals surface area contributed by atoms with Crippen molar-refractivity contribution in [3.63, 3.8) is 0 Å². The number of hydrogen-bond donors (Lipinski definition) is 3. The number of rotatable bonds is 5. The van der Waals surface area contributed by atoms with E-state index in [1.807, 2.05) is 26.2 Å². The Hall–Kier alpha value is -3.24. The van der Waals surface area contributed by atoms with E-state index < -0.39 is 0 Å². The minimum absolute atomic E-state index is 0.103. The van der Waals surface area contributed by atoms with E-state index in [9.17, 15) is 4.79 Å². The first kappa shape index (κ1) is 20.0. The summed E-state index contributed by atoms with van der Waals surface area (Å²) < 4.78 is 1.55. The lowest BCUT2D eigenvalue weighted by molar-refractivity contribution is 0.102. The summed E-state index contributed by atoms with van der Waals surface area (Å²) in [5, 5.41) is 10.4. The van der Waals surface area contributed by atoms with Crippen molar-refractivity contribution in [2.75, 3.05) is 56.2 Å². The van der Waals surface area contributed by atoms with E-state index in [0.717, 1.165) is 37.4 Å². The number of likely N-dealkylation sites (N-methyl/N-ethyl adjacent to an activating group) is 1. The summed E-state index contributed by atoms with van der Waals surface area (Å²) in [6.45, 7) is 5.72. The first-order valence-corrected chi connectivity index (χ1v) is 9.97. The van der Waals surface area contributed by atoms with Crippen LogP contribution in [0.3, 0.4) is 0 Å². The van der Waals surface area contributed by atoms with Gasteiger partial charge in [-0.2, -0.15) is 0 Å². The first-order valence-electron chi connectivity index (χ1n) is 9.97. The smallest absolute Gasteiger partial charge is 0.263 e. The molecule has 1 atom stereocenters. The molecule has 0 aliphatic carbocycles. The van der Waals surface area contributed by atoms with Crippen LogP contribution in [0, 0.1) is 0 Å². The van der Waals surface area contributed by atoms with Gasteiger partial charge in [-0.05, 0) is 27.1 Å². The highest BCUT2D eigenvalue weighted by atomic mass is 16.1. The molecule has 158 valence electrons. The van der Waals surface area contributed by atoms with E-state index in [2.05, 4.69) is 42.5 Å². The number of carbonyl (C=O) groups is 1. The average Bonchev–Trinajstić information content (AvgIpc) is 3.09. The van der Waals surface area contributed by atoms with Crippen molar-refractivity contribution < 1.29 is 4.79 Å². The zero-order chi connectivity index (χ0) is 21.3. The third-order valence-electron chi connectivity index (χ3n) is 5.57. The molecule has 4 heterocycles. The number of nitrogen functional groups attached to an aromatic ring is 1. The Kier molecular flexibility index (Phi) is 5.51. The number of anilines is 3. The molecule has 0 aromatic carbocycles. The highest BCUT2D eigenvalue weighted by molar-refractivity contribution is 6.12. The molecular weight excluding hydrogens is 382 g/mol. The summed E-state index contributed by atoms with van der Waals surface area (Å²) in [4.78, 5) is 26.3. The fraction of sp³-hybridized carbons (Fsp3) is 0.400. The number of piperazine rings is 1. The van der Waals surface area contributed by atoms with Crippen molar-refractivity contribution >= 4 is 28.7 Å². The molecule has 1 unspecified atom stereocenters. The van der Waals surface area contributed by atoms with Crippen LogP contribution in [0.1, 0.15) is 28.9 Å². The molecule has 10 heteroatoms. The maximum absolute atomic E-state index is 13.1. The van der Waals surface area contributed by atoms with Crippen molar-refractivity contribution in [1.29, 1.82) is 0 Å². The van der Waals surface area contributed by atoms with Crippen LogP contribution in [-0.4, -0.2) is 70.7 Å². The molecule has 1 amide bonds. The number of nitrogens with two attached hydrogens (primary N) is 1. The molecule has 0 bridgehead atoms. The third-order valence-corrected chi connectivity index (χ3v) is 5.57. The molecule has 0 saturated carbocycles. The Morgan fingerprint density at radius 1 is 1.23 bits per heavy atom. The molecule has 1 aliphatic heterocycles. The van der Waals surface area contributed by atoms with Crippen LogP contribution in [-0.2, 0) is 0 Å². The number of aromatic nitrogens is 4. The van der Waals surface area contributed by atoms with Gasteiger partial charge >= 0.3 is 0 Å². The van der Waals surface area contributed by atoms with Crippen molar-refractivity contribution in [3.8, 4) is 0 Å². The lowest BCUT2D eigenvalue weighted by Crippen LogP contribution is -2.44. The lowest BCUT2D eigenvalue weighted by atomic mass is 10.2. The van der Waals surface area contributed by atoms with Gasteiger partial charge in [0.2, 0.25) is 0 Å². The molecule has 1 aliphatic rings. The molecule has 10 nitrogen and oxygen atoms in total. The minimum Gasteiger partial charge on any atom is -0.381 e. The second kappa shape index (κ2) is 8.25. The van der Waals surface area contributed by atoms with Crippen molar-refractivity contribution in [2.24, 2.45) is 0 Å². The predicted molar refractivity (Wildman–Crippen MR) is 117 cm³/mol. The van der Waals surface area contributed by atoms with Crippen molar-refractivity contribution in [1.82, 2.24) is 29.8 Å². The lowest BCUT2D eigenvalue weighted by Gasteiger charge is -2.34. The molecule has 1 saturated heterocycles. The number of nitrogens with one attached hydrogen (secondary N) is 2. The molecule has 30 heavy (non-hydrogen) atoms. The molecule has 4 N–H and O–H groups in total. The molecule has 0 spiro atoms. The first-order chi connectivity index (χ1) is 14.5. The van der Waals surface area contributed by atoms with Crippen LogP contribution < -0.4 is 21.3 Å². The fourth-order valence-corrected chi connectivity index (χ4v) is 3.57. The SMILES string of the molecule is CNC(C)c1cnc2c(C(=O)Nc3cnccc3N3CCN(C)CC3)c(N)nn2c1. The van der Waals surface area contributed by atoms with Gasteiger partial charge < -0.3 is 26.2 Å². The predicted octanol–water partition coefficient (Wildman–Crippen LogP) is 0.991. The summed E-state index contributed by atoms with van der Waals surface area (Å²) in [6, 6.07) is 2.02. The van der Waals surface area contributed by atoms with Crippen LogP contribution in [0.4, 0.5) is 17.2 Å². The van der Waals surface area contributed by atoms with Crippen LogP contribution in [0.2, 0.25) is 0 Å². The topological polar surface area (TPSA) is 117 Å². The van der Waals surface area contributed by atoms with Gasteiger partial charge in [0.05, 0.1) is 17.6 Å². The summed E-state index contributed by atoms with van der Waals surface area (Å²) in [6.07, 6.45) is 6.96. The van der Waals surface area contributed by atoms with Gasteiger partial charge in [-0.1, -0.05) is 0 Å². The largest absolute Gasteiger partial charge is 0.381 e. The summed E-state index contributed by atoms with van der Waals surface area (Å²) >= 11 is 0. The number of pyridine rings is 1. The van der Waals surface area contributed by atoms with Crippen LogP contribution in [0.5, 0.6) is 0 Å². The van der Waals surface area contributed by atoms with Crippen LogP contribution in [0.15, 0.2) is 30.9 Å². The molecule has 3 aromatic rings. The Morgan fingerprint density at radius 2 is 2.00 bits per heavy atom. The molecule has 1 fully saturated rings. The Balaban J connectivity index is 1.62. The maximum atomic E-state index is 13.1. The van der Waals surface area contributed by atoms with Gasteiger partial charge in [0.15, 0.2) is 11.5 Å². The van der Waals surface area contributed by atoms with E-state index in [1.54, 1.807) is 23.1 Å². The van der Waals surface area contributed by atoms with E-state index in [-0.39, 0.29) is 23.3 Å². The Bertz CT molecular complexity index is 1060. The molecule has 4 rings (SSSR count). The van der Waals surface area contributed by atoms with Crippen LogP contribution in [0.25, 0.3) is 5.65 Å². The fourth-order valence-electron chi connectivity index (χ4n) is 3.57. The quantitative estimate of drug-likeness (QED) is 0.571. The monoisotopic (exact) mass is 409 g/mol. The van der Waals surface area contributed by atoms with Crippen molar-refractivity contribution in [2.45, 2.75) is 13.0 Å². The van der Waals surface area contributed by atoms with Crippen LogP contribution >= 0.6 is 0 Å². The number of carbonyl (C=O) groups excluding carboxylic acids is 1. The Labute approximate surface area is 175 Å². The number of hydrogen-bond acceptors (Lipinski definition) is 8. The van der Waals surface area contributed by atoms with E-state index in [0.29, 0.717) is 11.3 Å². The standard InChI is InChI=1S/C20H27N9O/c1-13(22-2)14-10-24-19-17(18(21)26-29(19)12-14)20(30)25-15-11-23-5-4-16(15)28-8-6-27(3)7-9-28/h4-5,10-13,22H,6-9H2,1-3H3,(H2,21,26)(H,25,30). The Morgan fingerprint density at radius 3 is 2.73 bits per heavy atom.